The number of halogens is 3. The van der Waals surface area contributed by atoms with Gasteiger partial charge in [0.2, 0.25) is 0 Å². The Morgan fingerprint density at radius 3 is 2.50 bits per heavy atom. The number of hydrogen-bond acceptors (Lipinski definition) is 5. The number of anilines is 3. The van der Waals surface area contributed by atoms with E-state index in [1.807, 2.05) is 17.2 Å². The Bertz CT molecular complexity index is 1120. The molecule has 0 bridgehead atoms. The van der Waals surface area contributed by atoms with Crippen LogP contribution in [0.15, 0.2) is 48.7 Å². The lowest BCUT2D eigenvalue weighted by atomic mass is 10.0. The Labute approximate surface area is 190 Å². The van der Waals surface area contributed by atoms with Crippen molar-refractivity contribution >= 4 is 28.8 Å². The van der Waals surface area contributed by atoms with E-state index < -0.39 is 11.6 Å². The van der Waals surface area contributed by atoms with Crippen LogP contribution >= 0.6 is 11.6 Å². The topological polar surface area (TPSA) is 40.6 Å². The van der Waals surface area contributed by atoms with Crippen LogP contribution in [0.1, 0.15) is 5.56 Å². The molecule has 166 valence electrons. The quantitative estimate of drug-likeness (QED) is 0.562. The van der Waals surface area contributed by atoms with Crippen molar-refractivity contribution in [1.29, 1.82) is 0 Å². The lowest BCUT2D eigenvalue weighted by Crippen LogP contribution is -2.36. The molecule has 5 nitrogen and oxygen atoms in total. The summed E-state index contributed by atoms with van der Waals surface area (Å²) in [4.78, 5) is 8.87. The number of hydrogen-bond donors (Lipinski definition) is 1. The summed E-state index contributed by atoms with van der Waals surface area (Å²) in [5, 5.41) is 3.10. The third kappa shape index (κ3) is 4.10. The lowest BCUT2D eigenvalue weighted by molar-refractivity contribution is 0.122. The Kier molecular flexibility index (Phi) is 5.85. The number of nitrogens with one attached hydrogen (secondary N) is 1. The number of benzene rings is 2. The van der Waals surface area contributed by atoms with Crippen LogP contribution in [0.3, 0.4) is 0 Å². The van der Waals surface area contributed by atoms with Gasteiger partial charge < -0.3 is 19.9 Å². The summed E-state index contributed by atoms with van der Waals surface area (Å²) in [7, 11) is 0. The first kappa shape index (κ1) is 21.0. The van der Waals surface area contributed by atoms with E-state index in [2.05, 4.69) is 39.5 Å². The summed E-state index contributed by atoms with van der Waals surface area (Å²) in [5.41, 5.74) is 4.16. The first-order valence-electron chi connectivity index (χ1n) is 10.6. The highest BCUT2D eigenvalue weighted by atomic mass is 35.5. The number of pyridine rings is 1. The Morgan fingerprint density at radius 1 is 0.969 bits per heavy atom. The second-order valence-corrected chi connectivity index (χ2v) is 8.29. The van der Waals surface area contributed by atoms with Gasteiger partial charge >= 0.3 is 0 Å². The number of morpholine rings is 1. The molecule has 0 unspecified atom stereocenters. The molecule has 0 spiro atoms. The average Bonchev–Trinajstić information content (AvgIpc) is 2.85. The van der Waals surface area contributed by atoms with Crippen LogP contribution in [0.2, 0.25) is 5.02 Å². The zero-order valence-electron chi connectivity index (χ0n) is 17.5. The lowest BCUT2D eigenvalue weighted by Gasteiger charge is -2.32. The molecule has 0 saturated carbocycles. The van der Waals surface area contributed by atoms with Gasteiger partial charge in [-0.2, -0.15) is 0 Å². The van der Waals surface area contributed by atoms with Crippen molar-refractivity contribution in [3.05, 3.63) is 70.9 Å². The fourth-order valence-electron chi connectivity index (χ4n) is 4.17. The zero-order valence-corrected chi connectivity index (χ0v) is 18.2. The van der Waals surface area contributed by atoms with Crippen molar-refractivity contribution in [2.75, 3.05) is 54.5 Å². The summed E-state index contributed by atoms with van der Waals surface area (Å²) in [6.45, 7) is 4.71. The molecule has 2 aliphatic rings. The summed E-state index contributed by atoms with van der Waals surface area (Å²) >= 11 is 6.07. The zero-order chi connectivity index (χ0) is 22.1. The van der Waals surface area contributed by atoms with Gasteiger partial charge in [-0.05, 0) is 35.9 Å². The van der Waals surface area contributed by atoms with E-state index in [4.69, 9.17) is 16.3 Å². The molecule has 3 heterocycles. The molecule has 0 atom stereocenters. The van der Waals surface area contributed by atoms with Gasteiger partial charge in [-0.15, -0.1) is 0 Å². The van der Waals surface area contributed by atoms with Gasteiger partial charge in [0.25, 0.3) is 0 Å². The van der Waals surface area contributed by atoms with E-state index in [-0.39, 0.29) is 17.1 Å². The summed E-state index contributed by atoms with van der Waals surface area (Å²) in [6.07, 6.45) is 1.83. The highest BCUT2D eigenvalue weighted by Gasteiger charge is 2.22. The van der Waals surface area contributed by atoms with E-state index in [0.717, 1.165) is 61.1 Å². The van der Waals surface area contributed by atoms with Crippen molar-refractivity contribution in [1.82, 2.24) is 4.98 Å². The maximum atomic E-state index is 14.4. The smallest absolute Gasteiger partial charge is 0.149 e. The van der Waals surface area contributed by atoms with Crippen molar-refractivity contribution < 1.29 is 13.5 Å². The molecule has 0 amide bonds. The standard InChI is InChI=1S/C24H23ClF2N4O/c25-23-19(20(26)5-6-21(23)27)15-31-8-7-28-24-22(31)13-17(14-29-24)16-1-3-18(4-2-16)30-9-11-32-12-10-30/h1-6,13-14H,7-12,15H2,(H,28,29). The molecule has 0 aliphatic carbocycles. The molecular formula is C24H23ClF2N4O. The van der Waals surface area contributed by atoms with Crippen LogP contribution in [-0.2, 0) is 11.3 Å². The Balaban J connectivity index is 1.42. The molecular weight excluding hydrogens is 434 g/mol. The summed E-state index contributed by atoms with van der Waals surface area (Å²) < 4.78 is 33.7. The van der Waals surface area contributed by atoms with E-state index in [9.17, 15) is 8.78 Å². The van der Waals surface area contributed by atoms with Crippen molar-refractivity contribution in [2.45, 2.75) is 6.54 Å². The molecule has 5 rings (SSSR count). The normalized spacial score (nSPS) is 16.0. The minimum absolute atomic E-state index is 0.153. The average molecular weight is 457 g/mol. The van der Waals surface area contributed by atoms with E-state index in [1.54, 1.807) is 0 Å². The molecule has 32 heavy (non-hydrogen) atoms. The van der Waals surface area contributed by atoms with Crippen LogP contribution in [-0.4, -0.2) is 44.4 Å². The predicted molar refractivity (Wildman–Crippen MR) is 124 cm³/mol. The second kappa shape index (κ2) is 8.92. The van der Waals surface area contributed by atoms with Crippen molar-refractivity contribution in [3.8, 4) is 11.1 Å². The van der Waals surface area contributed by atoms with Gasteiger partial charge in [-0.1, -0.05) is 23.7 Å². The SMILES string of the molecule is Fc1ccc(F)c(CN2CCNc3ncc(-c4ccc(N5CCOCC5)cc4)cc32)c1Cl. The minimum Gasteiger partial charge on any atom is -0.378 e. The minimum atomic E-state index is -0.620. The molecule has 2 aliphatic heterocycles. The Hall–Kier alpha value is -2.90. The van der Waals surface area contributed by atoms with Gasteiger partial charge in [-0.3, -0.25) is 0 Å². The molecule has 1 N–H and O–H groups in total. The molecule has 1 fully saturated rings. The molecule has 1 saturated heterocycles. The number of aromatic nitrogens is 1. The van der Waals surface area contributed by atoms with Crippen LogP contribution in [0.5, 0.6) is 0 Å². The number of rotatable bonds is 4. The first-order chi connectivity index (χ1) is 15.6. The molecule has 2 aromatic carbocycles. The van der Waals surface area contributed by atoms with Gasteiger partial charge in [0.05, 0.1) is 23.9 Å². The third-order valence-electron chi connectivity index (χ3n) is 5.95. The largest absolute Gasteiger partial charge is 0.378 e. The Morgan fingerprint density at radius 2 is 1.72 bits per heavy atom. The molecule has 1 aromatic heterocycles. The van der Waals surface area contributed by atoms with E-state index in [1.165, 1.54) is 5.69 Å². The fourth-order valence-corrected chi connectivity index (χ4v) is 4.39. The van der Waals surface area contributed by atoms with Crippen LogP contribution in [0.4, 0.5) is 26.0 Å². The highest BCUT2D eigenvalue weighted by molar-refractivity contribution is 6.31. The summed E-state index contributed by atoms with van der Waals surface area (Å²) in [6, 6.07) is 12.6. The van der Waals surface area contributed by atoms with Crippen molar-refractivity contribution in [2.24, 2.45) is 0 Å². The number of ether oxygens (including phenoxy) is 1. The highest BCUT2D eigenvalue weighted by Crippen LogP contribution is 2.35. The van der Waals surface area contributed by atoms with E-state index in [0.29, 0.717) is 13.1 Å². The van der Waals surface area contributed by atoms with Gasteiger partial charge in [0, 0.05) is 55.7 Å². The monoisotopic (exact) mass is 456 g/mol. The fraction of sp³-hybridized carbons (Fsp3) is 0.292. The van der Waals surface area contributed by atoms with Gasteiger partial charge in [-0.25, -0.2) is 13.8 Å². The molecule has 0 radical (unpaired) electrons. The van der Waals surface area contributed by atoms with E-state index >= 15 is 0 Å². The number of fused-ring (bicyclic) bond motifs is 1. The summed E-state index contributed by atoms with van der Waals surface area (Å²) in [5.74, 6) is -0.414. The van der Waals surface area contributed by atoms with Crippen LogP contribution in [0.25, 0.3) is 11.1 Å². The van der Waals surface area contributed by atoms with Crippen LogP contribution < -0.4 is 15.1 Å². The van der Waals surface area contributed by atoms with Crippen molar-refractivity contribution in [3.63, 3.8) is 0 Å². The van der Waals surface area contributed by atoms with Gasteiger partial charge in [0.1, 0.15) is 17.5 Å². The molecule has 3 aromatic rings. The van der Waals surface area contributed by atoms with Gasteiger partial charge in [0.15, 0.2) is 0 Å². The molecule has 8 heteroatoms. The second-order valence-electron chi connectivity index (χ2n) is 7.91. The number of nitrogens with zero attached hydrogens (tertiary/aromatic N) is 3. The van der Waals surface area contributed by atoms with Crippen LogP contribution in [0, 0.1) is 11.6 Å². The first-order valence-corrected chi connectivity index (χ1v) is 11.0. The maximum Gasteiger partial charge on any atom is 0.149 e. The third-order valence-corrected chi connectivity index (χ3v) is 6.36. The predicted octanol–water partition coefficient (Wildman–Crippen LogP) is 4.95. The maximum absolute atomic E-state index is 14.4.